The topological polar surface area (TPSA) is 92.8 Å². The van der Waals surface area contributed by atoms with E-state index in [1.807, 2.05) is 13.0 Å². The standard InChI is InChI=1S/C19H20N2O5/c1-3-24-16-7-5-15(6-8-16)21(11-4-10-20)17(22)13-26-19(23)18-14(2)9-12-25-18/h5-9,12H,3-4,11,13H2,1-2H3. The van der Waals surface area contributed by atoms with Crippen molar-refractivity contribution < 1.29 is 23.5 Å². The number of carbonyl (C=O) groups is 2. The fraction of sp³-hybridized carbons (Fsp3) is 0.316. The maximum atomic E-state index is 12.5. The van der Waals surface area contributed by atoms with Gasteiger partial charge in [0.05, 0.1) is 25.4 Å². The first-order chi connectivity index (χ1) is 12.6. The van der Waals surface area contributed by atoms with Crippen LogP contribution >= 0.6 is 0 Å². The highest BCUT2D eigenvalue weighted by Gasteiger charge is 2.20. The van der Waals surface area contributed by atoms with Gasteiger partial charge in [-0.1, -0.05) is 0 Å². The van der Waals surface area contributed by atoms with Gasteiger partial charge < -0.3 is 18.8 Å². The van der Waals surface area contributed by atoms with Gasteiger partial charge in [-0.25, -0.2) is 4.79 Å². The van der Waals surface area contributed by atoms with Gasteiger partial charge in [-0.2, -0.15) is 5.26 Å². The van der Waals surface area contributed by atoms with Crippen LogP contribution in [0.2, 0.25) is 0 Å². The van der Waals surface area contributed by atoms with Gasteiger partial charge in [-0.05, 0) is 44.2 Å². The van der Waals surface area contributed by atoms with Crippen LogP contribution in [0.3, 0.4) is 0 Å². The number of amides is 1. The van der Waals surface area contributed by atoms with Crippen LogP contribution in [0, 0.1) is 18.3 Å². The van der Waals surface area contributed by atoms with Crippen LogP contribution < -0.4 is 9.64 Å². The molecule has 0 fully saturated rings. The van der Waals surface area contributed by atoms with E-state index in [1.165, 1.54) is 11.2 Å². The number of anilines is 1. The molecule has 2 rings (SSSR count). The monoisotopic (exact) mass is 356 g/mol. The number of benzene rings is 1. The molecule has 0 saturated carbocycles. The molecule has 1 aromatic carbocycles. The van der Waals surface area contributed by atoms with Crippen LogP contribution in [0.15, 0.2) is 41.0 Å². The van der Waals surface area contributed by atoms with Crippen molar-refractivity contribution in [2.24, 2.45) is 0 Å². The van der Waals surface area contributed by atoms with Crippen LogP contribution in [-0.2, 0) is 9.53 Å². The first-order valence-electron chi connectivity index (χ1n) is 8.18. The molecule has 1 aromatic heterocycles. The lowest BCUT2D eigenvalue weighted by atomic mass is 10.2. The van der Waals surface area contributed by atoms with Crippen molar-refractivity contribution in [1.29, 1.82) is 5.26 Å². The summed E-state index contributed by atoms with van der Waals surface area (Å²) in [6.45, 7) is 3.88. The van der Waals surface area contributed by atoms with Gasteiger partial charge in [-0.3, -0.25) is 4.79 Å². The number of furan rings is 1. The van der Waals surface area contributed by atoms with Gasteiger partial charge >= 0.3 is 5.97 Å². The first kappa shape index (κ1) is 19.1. The third-order valence-electron chi connectivity index (χ3n) is 3.58. The number of carbonyl (C=O) groups excluding carboxylic acids is 2. The Balaban J connectivity index is 2.05. The van der Waals surface area contributed by atoms with Crippen LogP contribution in [-0.4, -0.2) is 31.6 Å². The molecule has 0 aliphatic carbocycles. The summed E-state index contributed by atoms with van der Waals surface area (Å²) in [5.41, 5.74) is 1.23. The first-order valence-corrected chi connectivity index (χ1v) is 8.18. The number of nitrogens with zero attached hydrogens (tertiary/aromatic N) is 2. The zero-order valence-corrected chi connectivity index (χ0v) is 14.7. The van der Waals surface area contributed by atoms with E-state index in [1.54, 1.807) is 37.3 Å². The molecule has 0 atom stereocenters. The largest absolute Gasteiger partial charge is 0.494 e. The SMILES string of the molecule is CCOc1ccc(N(CCC#N)C(=O)COC(=O)c2occc2C)cc1. The van der Waals surface area contributed by atoms with E-state index in [-0.39, 0.29) is 18.7 Å². The van der Waals surface area contributed by atoms with E-state index in [0.717, 1.165) is 0 Å². The number of ether oxygens (including phenoxy) is 2. The lowest BCUT2D eigenvalue weighted by Crippen LogP contribution is -2.35. The van der Waals surface area contributed by atoms with Crippen molar-refractivity contribution in [3.8, 4) is 11.8 Å². The minimum atomic E-state index is -0.701. The molecule has 136 valence electrons. The van der Waals surface area contributed by atoms with Gasteiger partial charge in [0.15, 0.2) is 6.61 Å². The number of rotatable bonds is 8. The number of hydrogen-bond donors (Lipinski definition) is 0. The average molecular weight is 356 g/mol. The van der Waals surface area contributed by atoms with E-state index in [4.69, 9.17) is 19.2 Å². The number of aryl methyl sites for hydroxylation is 1. The summed E-state index contributed by atoms with van der Waals surface area (Å²) in [7, 11) is 0. The number of nitriles is 1. The lowest BCUT2D eigenvalue weighted by Gasteiger charge is -2.22. The predicted molar refractivity (Wildman–Crippen MR) is 93.9 cm³/mol. The molecule has 0 spiro atoms. The summed E-state index contributed by atoms with van der Waals surface area (Å²) >= 11 is 0. The van der Waals surface area contributed by atoms with E-state index in [2.05, 4.69) is 0 Å². The molecule has 0 saturated heterocycles. The maximum Gasteiger partial charge on any atom is 0.375 e. The average Bonchev–Trinajstić information content (AvgIpc) is 3.07. The molecule has 1 heterocycles. The van der Waals surface area contributed by atoms with Crippen molar-refractivity contribution in [3.05, 3.63) is 47.9 Å². The summed E-state index contributed by atoms with van der Waals surface area (Å²) in [6.07, 6.45) is 1.54. The summed E-state index contributed by atoms with van der Waals surface area (Å²) in [5.74, 6) is -0.374. The second-order valence-corrected chi connectivity index (χ2v) is 5.39. The van der Waals surface area contributed by atoms with E-state index >= 15 is 0 Å². The van der Waals surface area contributed by atoms with Crippen LogP contribution in [0.5, 0.6) is 5.75 Å². The third-order valence-corrected chi connectivity index (χ3v) is 3.58. The van der Waals surface area contributed by atoms with Gasteiger partial charge in [0.1, 0.15) is 5.75 Å². The number of hydrogen-bond acceptors (Lipinski definition) is 6. The highest BCUT2D eigenvalue weighted by Crippen LogP contribution is 2.20. The van der Waals surface area contributed by atoms with Crippen molar-refractivity contribution >= 4 is 17.6 Å². The Morgan fingerprint density at radius 1 is 1.23 bits per heavy atom. The molecule has 2 aromatic rings. The summed E-state index contributed by atoms with van der Waals surface area (Å²) in [4.78, 5) is 25.9. The normalized spacial score (nSPS) is 10.0. The Bertz CT molecular complexity index is 789. The van der Waals surface area contributed by atoms with Crippen LogP contribution in [0.4, 0.5) is 5.69 Å². The molecule has 7 heteroatoms. The van der Waals surface area contributed by atoms with E-state index < -0.39 is 18.5 Å². The van der Waals surface area contributed by atoms with Crippen LogP contribution in [0.25, 0.3) is 0 Å². The quantitative estimate of drug-likeness (QED) is 0.675. The molecule has 7 nitrogen and oxygen atoms in total. The molecule has 1 amide bonds. The Labute approximate surface area is 151 Å². The molecule has 0 bridgehead atoms. The molecule has 0 radical (unpaired) electrons. The van der Waals surface area contributed by atoms with Crippen molar-refractivity contribution in [2.45, 2.75) is 20.3 Å². The third kappa shape index (κ3) is 4.86. The molecular formula is C19H20N2O5. The van der Waals surface area contributed by atoms with Gasteiger partial charge in [0.2, 0.25) is 5.76 Å². The fourth-order valence-electron chi connectivity index (χ4n) is 2.30. The molecule has 0 aliphatic rings. The summed E-state index contributed by atoms with van der Waals surface area (Å²) in [6, 6.07) is 10.6. The number of esters is 1. The Kier molecular flexibility index (Phi) is 6.80. The second-order valence-electron chi connectivity index (χ2n) is 5.39. The van der Waals surface area contributed by atoms with Crippen LogP contribution in [0.1, 0.15) is 29.5 Å². The van der Waals surface area contributed by atoms with E-state index in [9.17, 15) is 9.59 Å². The smallest absolute Gasteiger partial charge is 0.375 e. The van der Waals surface area contributed by atoms with Crippen molar-refractivity contribution in [3.63, 3.8) is 0 Å². The van der Waals surface area contributed by atoms with Gasteiger partial charge in [-0.15, -0.1) is 0 Å². The van der Waals surface area contributed by atoms with Gasteiger partial charge in [0, 0.05) is 17.8 Å². The molecule has 26 heavy (non-hydrogen) atoms. The summed E-state index contributed by atoms with van der Waals surface area (Å²) in [5, 5.41) is 8.83. The zero-order valence-electron chi connectivity index (χ0n) is 14.7. The Morgan fingerprint density at radius 3 is 2.54 bits per heavy atom. The molecular weight excluding hydrogens is 336 g/mol. The fourth-order valence-corrected chi connectivity index (χ4v) is 2.30. The molecule has 0 N–H and O–H groups in total. The van der Waals surface area contributed by atoms with Gasteiger partial charge in [0.25, 0.3) is 5.91 Å². The Morgan fingerprint density at radius 2 is 1.96 bits per heavy atom. The molecule has 0 unspecified atom stereocenters. The molecule has 0 aliphatic heterocycles. The predicted octanol–water partition coefficient (Wildman–Crippen LogP) is 3.09. The Hall–Kier alpha value is -3.27. The highest BCUT2D eigenvalue weighted by molar-refractivity contribution is 5.96. The van der Waals surface area contributed by atoms with E-state index in [0.29, 0.717) is 23.6 Å². The van der Waals surface area contributed by atoms with Crippen molar-refractivity contribution in [2.75, 3.05) is 24.7 Å². The zero-order chi connectivity index (χ0) is 18.9. The van der Waals surface area contributed by atoms with Crippen molar-refractivity contribution in [1.82, 2.24) is 0 Å². The highest BCUT2D eigenvalue weighted by atomic mass is 16.5. The second kappa shape index (κ2) is 9.28. The lowest BCUT2D eigenvalue weighted by molar-refractivity contribution is -0.121. The minimum Gasteiger partial charge on any atom is -0.494 e. The minimum absolute atomic E-state index is 0.0717. The maximum absolute atomic E-state index is 12.5. The summed E-state index contributed by atoms with van der Waals surface area (Å²) < 4.78 is 15.5.